The van der Waals surface area contributed by atoms with Gasteiger partial charge in [0, 0.05) is 8.99 Å². The summed E-state index contributed by atoms with van der Waals surface area (Å²) in [6.45, 7) is 4.70. The highest BCUT2D eigenvalue weighted by Gasteiger charge is 2.35. The molecule has 0 amide bonds. The van der Waals surface area contributed by atoms with Crippen LogP contribution in [0.3, 0.4) is 0 Å². The molecule has 4 rings (SSSR count). The number of halogens is 1. The lowest BCUT2D eigenvalue weighted by molar-refractivity contribution is 0.659. The van der Waals surface area contributed by atoms with Crippen LogP contribution in [0.4, 0.5) is 0 Å². The van der Waals surface area contributed by atoms with Crippen molar-refractivity contribution in [2.24, 2.45) is 0 Å². The van der Waals surface area contributed by atoms with Gasteiger partial charge < -0.3 is 0 Å². The Morgan fingerprint density at radius 1 is 0.909 bits per heavy atom. The van der Waals surface area contributed by atoms with E-state index in [9.17, 15) is 0 Å². The Labute approximate surface area is 146 Å². The van der Waals surface area contributed by atoms with Crippen molar-refractivity contribution in [3.05, 3.63) is 74.9 Å². The van der Waals surface area contributed by atoms with Crippen molar-refractivity contribution in [2.75, 3.05) is 0 Å². The first kappa shape index (κ1) is 14.3. The highest BCUT2D eigenvalue weighted by Crippen LogP contribution is 2.49. The van der Waals surface area contributed by atoms with Crippen LogP contribution >= 0.6 is 22.6 Å². The van der Waals surface area contributed by atoms with E-state index in [4.69, 9.17) is 0 Å². The summed E-state index contributed by atoms with van der Waals surface area (Å²) < 4.78 is 1.32. The maximum absolute atomic E-state index is 2.41. The molecule has 2 aromatic carbocycles. The first-order valence-electron chi connectivity index (χ1n) is 7.89. The number of rotatable bonds is 1. The van der Waals surface area contributed by atoms with E-state index in [0.29, 0.717) is 0 Å². The maximum atomic E-state index is 2.41. The van der Waals surface area contributed by atoms with E-state index in [1.165, 1.54) is 43.4 Å². The zero-order valence-electron chi connectivity index (χ0n) is 13.0. The summed E-state index contributed by atoms with van der Waals surface area (Å²) in [6.07, 6.45) is 9.24. The largest absolute Gasteiger partial charge is 0.0836 e. The molecular weight excluding hydrogens is 379 g/mol. The zero-order valence-corrected chi connectivity index (χ0v) is 15.1. The Balaban J connectivity index is 1.89. The van der Waals surface area contributed by atoms with Crippen LogP contribution in [0, 0.1) is 3.57 Å². The van der Waals surface area contributed by atoms with Gasteiger partial charge in [0.25, 0.3) is 0 Å². The van der Waals surface area contributed by atoms with Gasteiger partial charge in [0.05, 0.1) is 0 Å². The molecule has 0 saturated heterocycles. The predicted octanol–water partition coefficient (Wildman–Crippen LogP) is 6.33. The summed E-state index contributed by atoms with van der Waals surface area (Å²) in [4.78, 5) is 0. The molecule has 0 spiro atoms. The zero-order chi connectivity index (χ0) is 15.3. The Hall–Kier alpha value is -1.35. The second-order valence-electron chi connectivity index (χ2n) is 6.71. The van der Waals surface area contributed by atoms with Crippen molar-refractivity contribution in [2.45, 2.75) is 32.1 Å². The van der Waals surface area contributed by atoms with Crippen LogP contribution < -0.4 is 0 Å². The highest BCUT2D eigenvalue weighted by molar-refractivity contribution is 14.1. The van der Waals surface area contributed by atoms with Gasteiger partial charge in [0.15, 0.2) is 0 Å². The molecule has 1 heteroatoms. The Morgan fingerprint density at radius 2 is 1.64 bits per heavy atom. The molecule has 2 aliphatic carbocycles. The van der Waals surface area contributed by atoms with Gasteiger partial charge in [-0.2, -0.15) is 0 Å². The van der Waals surface area contributed by atoms with Crippen LogP contribution in [-0.2, 0) is 5.41 Å². The van der Waals surface area contributed by atoms with Gasteiger partial charge in [-0.15, -0.1) is 0 Å². The van der Waals surface area contributed by atoms with Crippen LogP contribution in [-0.4, -0.2) is 0 Å². The molecule has 110 valence electrons. The Morgan fingerprint density at radius 3 is 2.36 bits per heavy atom. The minimum atomic E-state index is 0.0841. The lowest BCUT2D eigenvalue weighted by atomic mass is 9.81. The van der Waals surface area contributed by atoms with Crippen molar-refractivity contribution in [1.29, 1.82) is 0 Å². The summed E-state index contributed by atoms with van der Waals surface area (Å²) >= 11 is 2.41. The van der Waals surface area contributed by atoms with Crippen LogP contribution in [0.5, 0.6) is 0 Å². The molecule has 0 unspecified atom stereocenters. The number of hydrogen-bond donors (Lipinski definition) is 0. The van der Waals surface area contributed by atoms with Crippen molar-refractivity contribution >= 4 is 28.2 Å². The van der Waals surface area contributed by atoms with Gasteiger partial charge in [-0.25, -0.2) is 0 Å². The van der Waals surface area contributed by atoms with E-state index in [1.807, 2.05) is 0 Å². The Kier molecular flexibility index (Phi) is 3.30. The van der Waals surface area contributed by atoms with E-state index in [1.54, 1.807) is 0 Å². The quantitative estimate of drug-likeness (QED) is 0.493. The normalized spacial score (nSPS) is 17.9. The van der Waals surface area contributed by atoms with E-state index in [2.05, 4.69) is 91.1 Å². The molecule has 0 nitrogen and oxygen atoms in total. The molecule has 0 atom stereocenters. The third-order valence-corrected chi connectivity index (χ3v) is 5.64. The SMILES string of the molecule is CC1(C)c2cc(I)ccc2-c2ccc(C3=CCCC=C3)cc21. The van der Waals surface area contributed by atoms with Gasteiger partial charge >= 0.3 is 0 Å². The number of benzene rings is 2. The Bertz CT molecular complexity index is 822. The predicted molar refractivity (Wildman–Crippen MR) is 103 cm³/mol. The van der Waals surface area contributed by atoms with Crippen LogP contribution in [0.1, 0.15) is 43.4 Å². The van der Waals surface area contributed by atoms with Crippen molar-refractivity contribution < 1.29 is 0 Å². The minimum Gasteiger partial charge on any atom is -0.0836 e. The van der Waals surface area contributed by atoms with E-state index in [-0.39, 0.29) is 5.41 Å². The van der Waals surface area contributed by atoms with Crippen LogP contribution in [0.2, 0.25) is 0 Å². The van der Waals surface area contributed by atoms with Crippen LogP contribution in [0.15, 0.2) is 54.6 Å². The second-order valence-corrected chi connectivity index (χ2v) is 7.96. The molecule has 2 aromatic rings. The molecule has 0 bridgehead atoms. The monoisotopic (exact) mass is 398 g/mol. The van der Waals surface area contributed by atoms with Crippen LogP contribution in [0.25, 0.3) is 16.7 Å². The molecule has 22 heavy (non-hydrogen) atoms. The molecule has 2 aliphatic rings. The van der Waals surface area contributed by atoms with Gasteiger partial charge in [-0.05, 0) is 87.0 Å². The summed E-state index contributed by atoms with van der Waals surface area (Å²) in [5, 5.41) is 0. The van der Waals surface area contributed by atoms with E-state index >= 15 is 0 Å². The fourth-order valence-corrected chi connectivity index (χ4v) is 4.21. The number of allylic oxidation sites excluding steroid dienone is 4. The average Bonchev–Trinajstić information content (AvgIpc) is 2.76. The molecule has 0 fully saturated rings. The third-order valence-electron chi connectivity index (χ3n) is 4.97. The van der Waals surface area contributed by atoms with Gasteiger partial charge in [0.1, 0.15) is 0 Å². The molecule has 0 aliphatic heterocycles. The fraction of sp³-hybridized carbons (Fsp3) is 0.238. The summed E-state index contributed by atoms with van der Waals surface area (Å²) in [6, 6.07) is 13.8. The summed E-state index contributed by atoms with van der Waals surface area (Å²) in [5.74, 6) is 0. The lowest BCUT2D eigenvalue weighted by Crippen LogP contribution is -2.15. The van der Waals surface area contributed by atoms with Crippen molar-refractivity contribution in [3.8, 4) is 11.1 Å². The molecule has 0 aromatic heterocycles. The highest BCUT2D eigenvalue weighted by atomic mass is 127. The molecule has 0 radical (unpaired) electrons. The number of hydrogen-bond acceptors (Lipinski definition) is 0. The maximum Gasteiger partial charge on any atom is 0.0159 e. The molecule has 0 saturated carbocycles. The topological polar surface area (TPSA) is 0 Å². The minimum absolute atomic E-state index is 0.0841. The first-order chi connectivity index (χ1) is 10.6. The van der Waals surface area contributed by atoms with Crippen molar-refractivity contribution in [1.82, 2.24) is 0 Å². The molecule has 0 N–H and O–H groups in total. The van der Waals surface area contributed by atoms with Gasteiger partial charge in [-0.3, -0.25) is 0 Å². The fourth-order valence-electron chi connectivity index (χ4n) is 3.72. The van der Waals surface area contributed by atoms with Gasteiger partial charge in [-0.1, -0.05) is 50.3 Å². The third kappa shape index (κ3) is 2.10. The van der Waals surface area contributed by atoms with Gasteiger partial charge in [0.2, 0.25) is 0 Å². The standard InChI is InChI=1S/C21H19I/c1-21(2)19-12-15(14-6-4-3-5-7-14)8-10-17(19)18-11-9-16(22)13-20(18)21/h4,6-13H,3,5H2,1-2H3. The van der Waals surface area contributed by atoms with E-state index < -0.39 is 0 Å². The number of fused-ring (bicyclic) bond motifs is 3. The molecular formula is C21H19I. The van der Waals surface area contributed by atoms with E-state index in [0.717, 1.165) is 6.42 Å². The van der Waals surface area contributed by atoms with Crippen molar-refractivity contribution in [3.63, 3.8) is 0 Å². The second kappa shape index (κ2) is 5.09. The molecule has 0 heterocycles. The summed E-state index contributed by atoms with van der Waals surface area (Å²) in [7, 11) is 0. The smallest absolute Gasteiger partial charge is 0.0159 e. The average molecular weight is 398 g/mol. The lowest BCUT2D eigenvalue weighted by Gasteiger charge is -2.22. The first-order valence-corrected chi connectivity index (χ1v) is 8.97. The summed E-state index contributed by atoms with van der Waals surface area (Å²) in [5.41, 5.74) is 8.53.